The first kappa shape index (κ1) is 20.9. The second-order valence-corrected chi connectivity index (χ2v) is 8.47. The largest absolute Gasteiger partial charge is 0.388 e. The lowest BCUT2D eigenvalue weighted by atomic mass is 9.63. The number of halogens is 3. The van der Waals surface area contributed by atoms with Crippen molar-refractivity contribution in [1.29, 1.82) is 0 Å². The van der Waals surface area contributed by atoms with E-state index in [2.05, 4.69) is 10.6 Å². The Labute approximate surface area is 173 Å². The highest BCUT2D eigenvalue weighted by Gasteiger charge is 2.51. The summed E-state index contributed by atoms with van der Waals surface area (Å²) in [6.07, 6.45) is 3.47. The van der Waals surface area contributed by atoms with Gasteiger partial charge in [0.05, 0.1) is 17.0 Å². The molecule has 0 spiro atoms. The second kappa shape index (κ2) is 8.04. The van der Waals surface area contributed by atoms with Crippen LogP contribution in [0.25, 0.3) is 0 Å². The number of aliphatic hydroxyl groups is 1. The minimum Gasteiger partial charge on any atom is -0.388 e. The smallest absolute Gasteiger partial charge is 0.182 e. The summed E-state index contributed by atoms with van der Waals surface area (Å²) < 4.78 is 42.7. The van der Waals surface area contributed by atoms with Crippen LogP contribution in [0.5, 0.6) is 0 Å². The molecule has 0 amide bonds. The molecule has 2 fully saturated rings. The molecule has 1 saturated carbocycles. The molecule has 1 aliphatic carbocycles. The summed E-state index contributed by atoms with van der Waals surface area (Å²) in [4.78, 5) is 13.1. The zero-order valence-corrected chi connectivity index (χ0v) is 16.8. The molecule has 1 saturated heterocycles. The first-order valence-corrected chi connectivity index (χ1v) is 10.3. The van der Waals surface area contributed by atoms with Gasteiger partial charge in [-0.2, -0.15) is 0 Å². The van der Waals surface area contributed by atoms with Crippen LogP contribution in [0.3, 0.4) is 0 Å². The van der Waals surface area contributed by atoms with E-state index in [4.69, 9.17) is 0 Å². The normalized spacial score (nSPS) is 26.2. The maximum Gasteiger partial charge on any atom is 0.182 e. The lowest BCUT2D eigenvalue weighted by Gasteiger charge is -2.49. The number of carbonyl (C=O) groups excluding carboxylic acids is 1. The lowest BCUT2D eigenvalue weighted by molar-refractivity contribution is -0.0948. The van der Waals surface area contributed by atoms with Crippen LogP contribution >= 0.6 is 0 Å². The van der Waals surface area contributed by atoms with Crippen molar-refractivity contribution in [1.82, 2.24) is 5.32 Å². The summed E-state index contributed by atoms with van der Waals surface area (Å²) in [7, 11) is 0. The summed E-state index contributed by atoms with van der Waals surface area (Å²) in [5.74, 6) is -3.86. The SMILES string of the molecule is Cc1ccc(Nc2c(C(=O)C3CC(O)([C@@H]4CCCCN4)C3)ccc(F)c2F)c(F)c1. The van der Waals surface area contributed by atoms with Crippen molar-refractivity contribution >= 4 is 17.2 Å². The molecule has 7 heteroatoms. The molecule has 0 radical (unpaired) electrons. The lowest BCUT2D eigenvalue weighted by Crippen LogP contribution is -2.61. The van der Waals surface area contributed by atoms with Gasteiger partial charge in [-0.3, -0.25) is 4.79 Å². The van der Waals surface area contributed by atoms with Gasteiger partial charge in [-0.25, -0.2) is 13.2 Å². The van der Waals surface area contributed by atoms with Gasteiger partial charge < -0.3 is 15.7 Å². The number of hydrogen-bond donors (Lipinski definition) is 3. The molecule has 0 unspecified atom stereocenters. The zero-order valence-electron chi connectivity index (χ0n) is 16.8. The average Bonchev–Trinajstić information content (AvgIpc) is 2.71. The van der Waals surface area contributed by atoms with Crippen molar-refractivity contribution in [2.75, 3.05) is 11.9 Å². The molecule has 2 aromatic carbocycles. The summed E-state index contributed by atoms with van der Waals surface area (Å²) in [6.45, 7) is 2.55. The second-order valence-electron chi connectivity index (χ2n) is 8.47. The molecule has 2 aromatic rings. The van der Waals surface area contributed by atoms with E-state index in [0.29, 0.717) is 5.56 Å². The number of piperidine rings is 1. The molecule has 30 heavy (non-hydrogen) atoms. The minimum atomic E-state index is -1.23. The van der Waals surface area contributed by atoms with Gasteiger partial charge in [-0.1, -0.05) is 12.5 Å². The number of hydrogen-bond acceptors (Lipinski definition) is 4. The van der Waals surface area contributed by atoms with E-state index in [9.17, 15) is 23.1 Å². The Morgan fingerprint density at radius 2 is 1.90 bits per heavy atom. The predicted octanol–water partition coefficient (Wildman–Crippen LogP) is 4.62. The van der Waals surface area contributed by atoms with Gasteiger partial charge in [0.1, 0.15) is 5.82 Å². The van der Waals surface area contributed by atoms with Crippen LogP contribution in [0.1, 0.15) is 48.0 Å². The Hall–Kier alpha value is -2.38. The number of ketones is 1. The van der Waals surface area contributed by atoms with Crippen LogP contribution in [-0.4, -0.2) is 29.1 Å². The first-order chi connectivity index (χ1) is 14.3. The molecule has 1 heterocycles. The van der Waals surface area contributed by atoms with Crippen LogP contribution < -0.4 is 10.6 Å². The first-order valence-electron chi connectivity index (χ1n) is 10.3. The summed E-state index contributed by atoms with van der Waals surface area (Å²) in [6, 6.07) is 6.37. The van der Waals surface area contributed by atoms with Crippen molar-refractivity contribution in [2.24, 2.45) is 5.92 Å². The summed E-state index contributed by atoms with van der Waals surface area (Å²) in [5, 5.41) is 16.7. The van der Waals surface area contributed by atoms with Gasteiger partial charge in [0.2, 0.25) is 0 Å². The van der Waals surface area contributed by atoms with Gasteiger partial charge in [-0.05, 0) is 69.0 Å². The Bertz CT molecular complexity index is 967. The molecule has 0 aromatic heterocycles. The van der Waals surface area contributed by atoms with Gasteiger partial charge in [0, 0.05) is 17.5 Å². The van der Waals surface area contributed by atoms with Gasteiger partial charge in [0.15, 0.2) is 17.4 Å². The van der Waals surface area contributed by atoms with Crippen molar-refractivity contribution in [3.05, 3.63) is 58.9 Å². The van der Waals surface area contributed by atoms with Crippen LogP contribution in [0.4, 0.5) is 24.5 Å². The van der Waals surface area contributed by atoms with E-state index in [1.165, 1.54) is 18.2 Å². The van der Waals surface area contributed by atoms with Crippen LogP contribution in [0, 0.1) is 30.3 Å². The summed E-state index contributed by atoms with van der Waals surface area (Å²) >= 11 is 0. The Balaban J connectivity index is 1.57. The van der Waals surface area contributed by atoms with Crippen LogP contribution in [0.15, 0.2) is 30.3 Å². The fourth-order valence-electron chi connectivity index (χ4n) is 4.53. The molecule has 1 aliphatic heterocycles. The van der Waals surface area contributed by atoms with E-state index in [0.717, 1.165) is 31.9 Å². The molecule has 160 valence electrons. The van der Waals surface area contributed by atoms with Crippen molar-refractivity contribution in [2.45, 2.75) is 50.7 Å². The highest BCUT2D eigenvalue weighted by Crippen LogP contribution is 2.45. The number of Topliss-reactive ketones (excluding diaryl/α,β-unsaturated/α-hetero) is 1. The van der Waals surface area contributed by atoms with E-state index >= 15 is 0 Å². The topological polar surface area (TPSA) is 61.4 Å². The maximum absolute atomic E-state index is 14.6. The quantitative estimate of drug-likeness (QED) is 0.620. The van der Waals surface area contributed by atoms with Crippen LogP contribution in [0.2, 0.25) is 0 Å². The molecule has 3 N–H and O–H groups in total. The minimum absolute atomic E-state index is 0.0440. The fourth-order valence-corrected chi connectivity index (χ4v) is 4.53. The van der Waals surface area contributed by atoms with Crippen molar-refractivity contribution in [3.63, 3.8) is 0 Å². The number of nitrogens with one attached hydrogen (secondary N) is 2. The van der Waals surface area contributed by atoms with E-state index < -0.39 is 29.0 Å². The van der Waals surface area contributed by atoms with Gasteiger partial charge in [0.25, 0.3) is 0 Å². The van der Waals surface area contributed by atoms with E-state index in [-0.39, 0.29) is 41.6 Å². The fraction of sp³-hybridized carbons (Fsp3) is 0.435. The highest BCUT2D eigenvalue weighted by atomic mass is 19.2. The Morgan fingerprint density at radius 1 is 1.13 bits per heavy atom. The third-order valence-electron chi connectivity index (χ3n) is 6.27. The number of anilines is 2. The molecule has 4 nitrogen and oxygen atoms in total. The number of carbonyl (C=O) groups is 1. The van der Waals surface area contributed by atoms with Crippen LogP contribution in [-0.2, 0) is 0 Å². The standard InChI is InChI=1S/C23H25F3N2O2/c1-13-5-8-18(17(25)10-13)28-21-15(6-7-16(24)20(21)26)22(29)14-11-23(30,12-14)19-4-2-3-9-27-19/h5-8,10,14,19,27-28,30H,2-4,9,11-12H2,1H3/t14?,19-,23?/m0/s1. The molecule has 2 aliphatic rings. The molecular weight excluding hydrogens is 393 g/mol. The third-order valence-corrected chi connectivity index (χ3v) is 6.27. The number of aryl methyl sites for hydroxylation is 1. The zero-order chi connectivity index (χ0) is 21.5. The summed E-state index contributed by atoms with van der Waals surface area (Å²) in [5.41, 5.74) is -0.753. The third kappa shape index (κ3) is 3.84. The highest BCUT2D eigenvalue weighted by molar-refractivity contribution is 6.04. The number of rotatable bonds is 5. The molecule has 1 atom stereocenters. The Kier molecular flexibility index (Phi) is 5.59. The van der Waals surface area contributed by atoms with Gasteiger partial charge >= 0.3 is 0 Å². The van der Waals surface area contributed by atoms with Crippen molar-refractivity contribution in [3.8, 4) is 0 Å². The molecule has 0 bridgehead atoms. The Morgan fingerprint density at radius 3 is 2.57 bits per heavy atom. The van der Waals surface area contributed by atoms with E-state index in [1.807, 2.05) is 0 Å². The average molecular weight is 418 g/mol. The van der Waals surface area contributed by atoms with Crippen molar-refractivity contribution < 1.29 is 23.1 Å². The predicted molar refractivity (Wildman–Crippen MR) is 108 cm³/mol. The molecular formula is C23H25F3N2O2. The number of benzene rings is 2. The van der Waals surface area contributed by atoms with Gasteiger partial charge in [-0.15, -0.1) is 0 Å². The maximum atomic E-state index is 14.6. The molecule has 4 rings (SSSR count). The monoisotopic (exact) mass is 418 g/mol. The van der Waals surface area contributed by atoms with E-state index in [1.54, 1.807) is 13.0 Å².